The Morgan fingerprint density at radius 1 is 1.18 bits per heavy atom. The minimum absolute atomic E-state index is 0.172. The molecule has 1 amide bonds. The number of aromatic nitrogens is 1. The van der Waals surface area contributed by atoms with Crippen LogP contribution < -0.4 is 5.32 Å². The van der Waals surface area contributed by atoms with Gasteiger partial charge in [-0.05, 0) is 46.3 Å². The predicted octanol–water partition coefficient (Wildman–Crippen LogP) is 3.59. The summed E-state index contributed by atoms with van der Waals surface area (Å²) < 4.78 is 11.6. The molecule has 0 fully saturated rings. The first-order chi connectivity index (χ1) is 10.7. The smallest absolute Gasteiger partial charge is 0.252 e. The number of hydrogen-bond acceptors (Lipinski definition) is 4. The van der Waals surface area contributed by atoms with Crippen molar-refractivity contribution >= 4 is 21.8 Å². The zero-order chi connectivity index (χ0) is 15.4. The molecule has 0 radical (unpaired) electrons. The molecular weight excluding hydrogens is 348 g/mol. The quantitative estimate of drug-likeness (QED) is 0.754. The SMILES string of the molecule is O=C(NCC(c1ccco1)c1ccco1)c1cncc(Br)c1. The highest BCUT2D eigenvalue weighted by Crippen LogP contribution is 2.25. The first-order valence-corrected chi connectivity index (χ1v) is 7.49. The van der Waals surface area contributed by atoms with Crippen LogP contribution in [0.15, 0.2) is 68.6 Å². The number of rotatable bonds is 5. The van der Waals surface area contributed by atoms with Gasteiger partial charge in [0.05, 0.1) is 24.0 Å². The van der Waals surface area contributed by atoms with Crippen molar-refractivity contribution < 1.29 is 13.6 Å². The van der Waals surface area contributed by atoms with Gasteiger partial charge in [-0.15, -0.1) is 0 Å². The van der Waals surface area contributed by atoms with E-state index in [0.717, 1.165) is 16.0 Å². The van der Waals surface area contributed by atoms with Gasteiger partial charge in [0.15, 0.2) is 0 Å². The Kier molecular flexibility index (Phi) is 4.39. The Bertz CT molecular complexity index is 704. The van der Waals surface area contributed by atoms with Crippen molar-refractivity contribution in [1.82, 2.24) is 10.3 Å². The molecule has 0 saturated carbocycles. The maximum atomic E-state index is 12.2. The molecule has 112 valence electrons. The van der Waals surface area contributed by atoms with Crippen LogP contribution in [0.5, 0.6) is 0 Å². The second-order valence-corrected chi connectivity index (χ2v) is 5.60. The van der Waals surface area contributed by atoms with Crippen molar-refractivity contribution in [2.75, 3.05) is 6.54 Å². The number of hydrogen-bond donors (Lipinski definition) is 1. The van der Waals surface area contributed by atoms with Crippen LogP contribution in [0.3, 0.4) is 0 Å². The first kappa shape index (κ1) is 14.6. The van der Waals surface area contributed by atoms with E-state index in [9.17, 15) is 4.79 Å². The summed E-state index contributed by atoms with van der Waals surface area (Å²) in [5.41, 5.74) is 0.493. The Balaban J connectivity index is 1.73. The van der Waals surface area contributed by atoms with Gasteiger partial charge in [-0.1, -0.05) is 0 Å². The van der Waals surface area contributed by atoms with E-state index in [0.29, 0.717) is 12.1 Å². The molecule has 3 aromatic rings. The molecule has 3 heterocycles. The van der Waals surface area contributed by atoms with Crippen LogP contribution in [0.4, 0.5) is 0 Å². The van der Waals surface area contributed by atoms with Crippen LogP contribution in [0, 0.1) is 0 Å². The van der Waals surface area contributed by atoms with Gasteiger partial charge in [-0.25, -0.2) is 0 Å². The summed E-state index contributed by atoms with van der Waals surface area (Å²) in [5.74, 6) is 1.11. The summed E-state index contributed by atoms with van der Waals surface area (Å²) in [6.07, 6.45) is 6.36. The van der Waals surface area contributed by atoms with E-state index in [1.807, 2.05) is 24.3 Å². The highest BCUT2D eigenvalue weighted by molar-refractivity contribution is 9.10. The molecule has 0 aliphatic heterocycles. The topological polar surface area (TPSA) is 68.3 Å². The molecule has 0 unspecified atom stereocenters. The van der Waals surface area contributed by atoms with Gasteiger partial charge in [0.25, 0.3) is 5.91 Å². The summed E-state index contributed by atoms with van der Waals surface area (Å²) in [7, 11) is 0. The molecule has 6 heteroatoms. The summed E-state index contributed by atoms with van der Waals surface area (Å²) >= 11 is 3.30. The second kappa shape index (κ2) is 6.62. The van der Waals surface area contributed by atoms with Crippen LogP contribution in [0.1, 0.15) is 27.8 Å². The maximum Gasteiger partial charge on any atom is 0.252 e. The molecule has 3 aromatic heterocycles. The number of amides is 1. The summed E-state index contributed by atoms with van der Waals surface area (Å²) in [5, 5.41) is 2.88. The zero-order valence-corrected chi connectivity index (χ0v) is 13.1. The Morgan fingerprint density at radius 3 is 2.41 bits per heavy atom. The monoisotopic (exact) mass is 360 g/mol. The molecule has 1 N–H and O–H groups in total. The van der Waals surface area contributed by atoms with Gasteiger partial charge < -0.3 is 14.2 Å². The third-order valence-corrected chi connectivity index (χ3v) is 3.64. The lowest BCUT2D eigenvalue weighted by Gasteiger charge is -2.13. The van der Waals surface area contributed by atoms with E-state index in [4.69, 9.17) is 8.83 Å². The Morgan fingerprint density at radius 2 is 1.86 bits per heavy atom. The largest absolute Gasteiger partial charge is 0.469 e. The van der Waals surface area contributed by atoms with Crippen molar-refractivity contribution in [3.05, 3.63) is 76.8 Å². The van der Waals surface area contributed by atoms with Crippen LogP contribution in [0.2, 0.25) is 0 Å². The minimum atomic E-state index is -0.197. The van der Waals surface area contributed by atoms with Gasteiger partial charge in [-0.3, -0.25) is 9.78 Å². The Hall–Kier alpha value is -2.34. The standard InChI is InChI=1S/C16H13BrN2O3/c17-12-7-11(8-18-9-12)16(20)19-10-13(14-3-1-5-21-14)15-4-2-6-22-15/h1-9,13H,10H2,(H,19,20). The molecule has 22 heavy (non-hydrogen) atoms. The van der Waals surface area contributed by atoms with Gasteiger partial charge in [0.2, 0.25) is 0 Å². The van der Waals surface area contributed by atoms with E-state index >= 15 is 0 Å². The fourth-order valence-corrected chi connectivity index (χ4v) is 2.52. The van der Waals surface area contributed by atoms with Crippen LogP contribution in [0.25, 0.3) is 0 Å². The molecule has 3 rings (SSSR count). The molecule has 5 nitrogen and oxygen atoms in total. The number of halogens is 1. The fraction of sp³-hybridized carbons (Fsp3) is 0.125. The number of carbonyl (C=O) groups is 1. The summed E-state index contributed by atoms with van der Waals surface area (Å²) in [6, 6.07) is 9.06. The molecule has 0 aliphatic carbocycles. The molecule has 0 saturated heterocycles. The number of nitrogens with one attached hydrogen (secondary N) is 1. The molecule has 0 spiro atoms. The molecule has 0 atom stereocenters. The van der Waals surface area contributed by atoms with Crippen LogP contribution in [-0.2, 0) is 0 Å². The van der Waals surface area contributed by atoms with Gasteiger partial charge in [0.1, 0.15) is 11.5 Å². The third-order valence-electron chi connectivity index (χ3n) is 3.21. The van der Waals surface area contributed by atoms with Crippen LogP contribution >= 0.6 is 15.9 Å². The van der Waals surface area contributed by atoms with Gasteiger partial charge in [0, 0.05) is 23.4 Å². The minimum Gasteiger partial charge on any atom is -0.469 e. The Labute approximate surface area is 135 Å². The number of nitrogens with zero attached hydrogens (tertiary/aromatic N) is 1. The van der Waals surface area contributed by atoms with Crippen molar-refractivity contribution in [3.8, 4) is 0 Å². The summed E-state index contributed by atoms with van der Waals surface area (Å²) in [6.45, 7) is 0.367. The normalized spacial score (nSPS) is 10.8. The number of pyridine rings is 1. The lowest BCUT2D eigenvalue weighted by atomic mass is 10.0. The number of furan rings is 2. The fourth-order valence-electron chi connectivity index (χ4n) is 2.15. The van der Waals surface area contributed by atoms with Crippen LogP contribution in [-0.4, -0.2) is 17.4 Å². The van der Waals surface area contributed by atoms with Crippen molar-refractivity contribution in [2.45, 2.75) is 5.92 Å². The molecular formula is C16H13BrN2O3. The van der Waals surface area contributed by atoms with E-state index in [1.165, 1.54) is 6.20 Å². The molecule has 0 aliphatic rings. The zero-order valence-electron chi connectivity index (χ0n) is 11.5. The predicted molar refractivity (Wildman–Crippen MR) is 83.5 cm³/mol. The van der Waals surface area contributed by atoms with E-state index in [2.05, 4.69) is 26.2 Å². The lowest BCUT2D eigenvalue weighted by molar-refractivity contribution is 0.0950. The maximum absolute atomic E-state index is 12.2. The molecule has 0 aromatic carbocycles. The van der Waals surface area contributed by atoms with Crippen molar-refractivity contribution in [2.24, 2.45) is 0 Å². The molecule has 0 bridgehead atoms. The average Bonchev–Trinajstić information content (AvgIpc) is 3.21. The van der Waals surface area contributed by atoms with E-state index in [-0.39, 0.29) is 11.8 Å². The first-order valence-electron chi connectivity index (χ1n) is 6.69. The summed E-state index contributed by atoms with van der Waals surface area (Å²) in [4.78, 5) is 16.2. The van der Waals surface area contributed by atoms with E-state index in [1.54, 1.807) is 24.8 Å². The van der Waals surface area contributed by atoms with Gasteiger partial charge >= 0.3 is 0 Å². The van der Waals surface area contributed by atoms with Crippen molar-refractivity contribution in [1.29, 1.82) is 0 Å². The van der Waals surface area contributed by atoms with Gasteiger partial charge in [-0.2, -0.15) is 0 Å². The second-order valence-electron chi connectivity index (χ2n) is 4.69. The highest BCUT2D eigenvalue weighted by Gasteiger charge is 2.21. The highest BCUT2D eigenvalue weighted by atomic mass is 79.9. The van der Waals surface area contributed by atoms with E-state index < -0.39 is 0 Å². The average molecular weight is 361 g/mol. The van der Waals surface area contributed by atoms with Crippen molar-refractivity contribution in [3.63, 3.8) is 0 Å². The third kappa shape index (κ3) is 3.28. The lowest BCUT2D eigenvalue weighted by Crippen LogP contribution is -2.28. The number of carbonyl (C=O) groups excluding carboxylic acids is 1.